The van der Waals surface area contributed by atoms with Crippen LogP contribution in [0.4, 0.5) is 4.39 Å². The minimum Gasteiger partial charge on any atom is -0.496 e. The molecule has 1 aliphatic carbocycles. The fourth-order valence-corrected chi connectivity index (χ4v) is 4.44. The Morgan fingerprint density at radius 3 is 2.41 bits per heavy atom. The maximum atomic E-state index is 13.5. The van der Waals surface area contributed by atoms with E-state index in [0.717, 1.165) is 31.2 Å². The van der Waals surface area contributed by atoms with E-state index < -0.39 is 6.04 Å². The van der Waals surface area contributed by atoms with E-state index in [-0.39, 0.29) is 36.8 Å². The van der Waals surface area contributed by atoms with Crippen molar-refractivity contribution in [2.24, 2.45) is 0 Å². The second-order valence-electron chi connectivity index (χ2n) is 7.69. The first-order valence-electron chi connectivity index (χ1n) is 10.1. The summed E-state index contributed by atoms with van der Waals surface area (Å²) < 4.78 is 18.9. The molecule has 29 heavy (non-hydrogen) atoms. The molecule has 2 fully saturated rings. The molecule has 1 saturated carbocycles. The number of carbonyl (C=O) groups excluding carboxylic acids is 2. The van der Waals surface area contributed by atoms with Crippen LogP contribution >= 0.6 is 0 Å². The standard InChI is InChI=1S/C23H25FN2O3/c1-29-20-9-5-2-6-17(20)14-26-21(27)15-25(19-7-3-4-8-19)23(28)22(26)16-10-12-18(24)13-11-16/h2,5-6,9-13,19,22H,3-4,7-8,14-15H2,1H3/t22-/m1/s1. The van der Waals surface area contributed by atoms with Crippen molar-refractivity contribution < 1.29 is 18.7 Å². The highest BCUT2D eigenvalue weighted by molar-refractivity contribution is 5.95. The van der Waals surface area contributed by atoms with Crippen molar-refractivity contribution in [2.75, 3.05) is 13.7 Å². The van der Waals surface area contributed by atoms with Gasteiger partial charge in [-0.25, -0.2) is 4.39 Å². The van der Waals surface area contributed by atoms with Gasteiger partial charge >= 0.3 is 0 Å². The fraction of sp³-hybridized carbons (Fsp3) is 0.391. The number of nitrogens with zero attached hydrogens (tertiary/aromatic N) is 2. The van der Waals surface area contributed by atoms with Gasteiger partial charge in [-0.3, -0.25) is 9.59 Å². The van der Waals surface area contributed by atoms with Crippen molar-refractivity contribution >= 4 is 11.8 Å². The topological polar surface area (TPSA) is 49.9 Å². The molecule has 1 aliphatic heterocycles. The summed E-state index contributed by atoms with van der Waals surface area (Å²) in [6.07, 6.45) is 4.02. The second kappa shape index (κ2) is 8.23. The monoisotopic (exact) mass is 396 g/mol. The molecule has 2 aromatic rings. The highest BCUT2D eigenvalue weighted by Gasteiger charge is 2.43. The van der Waals surface area contributed by atoms with Gasteiger partial charge in [0.25, 0.3) is 5.91 Å². The zero-order chi connectivity index (χ0) is 20.4. The molecule has 0 bridgehead atoms. The minimum atomic E-state index is -0.762. The van der Waals surface area contributed by atoms with Gasteiger partial charge in [-0.05, 0) is 36.6 Å². The normalized spacial score (nSPS) is 20.4. The third-order valence-corrected chi connectivity index (χ3v) is 5.94. The number of amides is 2. The molecule has 2 aliphatic rings. The van der Waals surface area contributed by atoms with Crippen molar-refractivity contribution in [3.8, 4) is 5.75 Å². The maximum absolute atomic E-state index is 13.5. The van der Waals surface area contributed by atoms with Gasteiger partial charge in [-0.2, -0.15) is 0 Å². The quantitative estimate of drug-likeness (QED) is 0.775. The molecule has 1 atom stereocenters. The molecule has 0 unspecified atom stereocenters. The smallest absolute Gasteiger partial charge is 0.250 e. The van der Waals surface area contributed by atoms with Gasteiger partial charge in [0, 0.05) is 11.6 Å². The van der Waals surface area contributed by atoms with Crippen molar-refractivity contribution in [1.29, 1.82) is 0 Å². The summed E-state index contributed by atoms with van der Waals surface area (Å²) in [5.74, 6) is 0.117. The van der Waals surface area contributed by atoms with Crippen LogP contribution < -0.4 is 4.74 Å². The van der Waals surface area contributed by atoms with Crippen molar-refractivity contribution in [1.82, 2.24) is 9.80 Å². The average Bonchev–Trinajstić information content (AvgIpc) is 3.26. The van der Waals surface area contributed by atoms with Gasteiger partial charge in [0.2, 0.25) is 5.91 Å². The van der Waals surface area contributed by atoms with Gasteiger partial charge in [-0.1, -0.05) is 43.2 Å². The number of hydrogen-bond acceptors (Lipinski definition) is 3. The van der Waals surface area contributed by atoms with E-state index in [9.17, 15) is 14.0 Å². The Kier molecular flexibility index (Phi) is 5.51. The Balaban J connectivity index is 1.70. The summed E-state index contributed by atoms with van der Waals surface area (Å²) in [5, 5.41) is 0. The summed E-state index contributed by atoms with van der Waals surface area (Å²) in [4.78, 5) is 30.0. The van der Waals surface area contributed by atoms with Crippen LogP contribution in [0.1, 0.15) is 42.9 Å². The molecule has 1 heterocycles. The van der Waals surface area contributed by atoms with Gasteiger partial charge in [0.1, 0.15) is 24.2 Å². The third kappa shape index (κ3) is 3.84. The number of halogens is 1. The van der Waals surface area contributed by atoms with Gasteiger partial charge in [-0.15, -0.1) is 0 Å². The van der Waals surface area contributed by atoms with Crippen molar-refractivity contribution in [3.63, 3.8) is 0 Å². The van der Waals surface area contributed by atoms with Crippen LogP contribution in [0, 0.1) is 5.82 Å². The zero-order valence-electron chi connectivity index (χ0n) is 16.5. The highest BCUT2D eigenvalue weighted by Crippen LogP contribution is 2.34. The third-order valence-electron chi connectivity index (χ3n) is 5.94. The van der Waals surface area contributed by atoms with E-state index in [4.69, 9.17) is 4.74 Å². The summed E-state index contributed by atoms with van der Waals surface area (Å²) in [6.45, 7) is 0.353. The van der Waals surface area contributed by atoms with E-state index in [1.54, 1.807) is 29.0 Å². The van der Waals surface area contributed by atoms with Crippen LogP contribution in [0.15, 0.2) is 48.5 Å². The lowest BCUT2D eigenvalue weighted by atomic mass is 9.98. The molecule has 6 heteroatoms. The minimum absolute atomic E-state index is 0.0852. The molecule has 0 spiro atoms. The second-order valence-corrected chi connectivity index (χ2v) is 7.69. The molecule has 0 N–H and O–H groups in total. The Morgan fingerprint density at radius 1 is 1.03 bits per heavy atom. The molecule has 0 aromatic heterocycles. The summed E-state index contributed by atoms with van der Waals surface area (Å²) in [5.41, 5.74) is 1.46. The summed E-state index contributed by atoms with van der Waals surface area (Å²) in [6, 6.07) is 12.7. The molecule has 2 aromatic carbocycles. The number of ether oxygens (including phenoxy) is 1. The van der Waals surface area contributed by atoms with Crippen LogP contribution in [0.25, 0.3) is 0 Å². The van der Waals surface area contributed by atoms with Gasteiger partial charge < -0.3 is 14.5 Å². The van der Waals surface area contributed by atoms with Crippen molar-refractivity contribution in [3.05, 3.63) is 65.5 Å². The van der Waals surface area contributed by atoms with Crippen LogP contribution in [-0.2, 0) is 16.1 Å². The van der Waals surface area contributed by atoms with Crippen molar-refractivity contribution in [2.45, 2.75) is 44.3 Å². The first-order valence-corrected chi connectivity index (χ1v) is 10.1. The summed E-state index contributed by atoms with van der Waals surface area (Å²) >= 11 is 0. The zero-order valence-corrected chi connectivity index (χ0v) is 16.5. The van der Waals surface area contributed by atoms with Gasteiger partial charge in [0.15, 0.2) is 0 Å². The van der Waals surface area contributed by atoms with Gasteiger partial charge in [0.05, 0.1) is 13.7 Å². The number of rotatable bonds is 5. The Hall–Kier alpha value is -2.89. The van der Waals surface area contributed by atoms with E-state index in [1.807, 2.05) is 24.3 Å². The predicted molar refractivity (Wildman–Crippen MR) is 107 cm³/mol. The molecule has 5 nitrogen and oxygen atoms in total. The number of piperazine rings is 1. The molecular formula is C23H25FN2O3. The molecule has 2 amide bonds. The largest absolute Gasteiger partial charge is 0.496 e. The Morgan fingerprint density at radius 2 is 1.72 bits per heavy atom. The van der Waals surface area contributed by atoms with E-state index in [2.05, 4.69) is 0 Å². The number of benzene rings is 2. The van der Waals surface area contributed by atoms with E-state index in [0.29, 0.717) is 11.3 Å². The number of hydrogen-bond donors (Lipinski definition) is 0. The first kappa shape index (κ1) is 19.4. The van der Waals surface area contributed by atoms with Crippen LogP contribution in [-0.4, -0.2) is 41.3 Å². The number of methoxy groups -OCH3 is 1. The van der Waals surface area contributed by atoms with Crippen LogP contribution in [0.2, 0.25) is 0 Å². The maximum Gasteiger partial charge on any atom is 0.250 e. The SMILES string of the molecule is COc1ccccc1CN1C(=O)CN(C2CCCC2)C(=O)[C@H]1c1ccc(F)cc1. The Bertz CT molecular complexity index is 893. The number of para-hydroxylation sites is 1. The Labute approximate surface area is 170 Å². The van der Waals surface area contributed by atoms with E-state index in [1.165, 1.54) is 12.1 Å². The molecule has 1 saturated heterocycles. The highest BCUT2D eigenvalue weighted by atomic mass is 19.1. The summed E-state index contributed by atoms with van der Waals surface area (Å²) in [7, 11) is 1.58. The van der Waals surface area contributed by atoms with Crippen LogP contribution in [0.5, 0.6) is 5.75 Å². The van der Waals surface area contributed by atoms with E-state index >= 15 is 0 Å². The first-order chi connectivity index (χ1) is 14.1. The lowest BCUT2D eigenvalue weighted by molar-refractivity contribution is -0.159. The molecular weight excluding hydrogens is 371 g/mol. The fourth-order valence-electron chi connectivity index (χ4n) is 4.44. The van der Waals surface area contributed by atoms with Crippen LogP contribution in [0.3, 0.4) is 0 Å². The molecule has 152 valence electrons. The lowest BCUT2D eigenvalue weighted by Crippen LogP contribution is -2.57. The number of carbonyl (C=O) groups is 2. The molecule has 0 radical (unpaired) electrons. The molecule has 4 rings (SSSR count). The average molecular weight is 396 g/mol. The lowest BCUT2D eigenvalue weighted by Gasteiger charge is -2.43. The predicted octanol–water partition coefficient (Wildman–Crippen LogP) is 3.69.